The van der Waals surface area contributed by atoms with E-state index in [0.29, 0.717) is 11.4 Å². The first-order valence-electron chi connectivity index (χ1n) is 6.22. The minimum absolute atomic E-state index is 0.186. The van der Waals surface area contributed by atoms with Gasteiger partial charge in [0.25, 0.3) is 0 Å². The average Bonchev–Trinajstić information content (AvgIpc) is 2.31. The summed E-state index contributed by atoms with van der Waals surface area (Å²) in [6.07, 6.45) is 3.18. The normalized spacial score (nSPS) is 11.8. The smallest absolute Gasteiger partial charge is 0.139 e. The predicted molar refractivity (Wildman–Crippen MR) is 73.8 cm³/mol. The molecule has 0 saturated heterocycles. The molecule has 0 heterocycles. The van der Waals surface area contributed by atoms with E-state index in [4.69, 9.17) is 5.73 Å². The molecule has 0 bridgehead atoms. The first-order chi connectivity index (χ1) is 8.44. The molecule has 0 aromatic heterocycles. The molecule has 1 aromatic carbocycles. The van der Waals surface area contributed by atoms with Crippen molar-refractivity contribution in [1.82, 2.24) is 0 Å². The molecule has 0 radical (unpaired) electrons. The van der Waals surface area contributed by atoms with Crippen LogP contribution >= 0.6 is 11.8 Å². The van der Waals surface area contributed by atoms with Crippen molar-refractivity contribution in [3.63, 3.8) is 0 Å². The highest BCUT2D eigenvalue weighted by Crippen LogP contribution is 2.26. The lowest BCUT2D eigenvalue weighted by atomic mass is 9.88. The number of nitrogens with two attached hydrogens (primary N) is 1. The molecule has 0 aliphatic carbocycles. The molecule has 0 atom stereocenters. The van der Waals surface area contributed by atoms with Crippen LogP contribution in [0.4, 0.5) is 8.78 Å². The summed E-state index contributed by atoms with van der Waals surface area (Å²) in [4.78, 5) is 0.523. The molecule has 0 saturated carbocycles. The zero-order chi connectivity index (χ0) is 13.6. The van der Waals surface area contributed by atoms with Crippen molar-refractivity contribution in [1.29, 1.82) is 0 Å². The number of halogens is 2. The third-order valence-electron chi connectivity index (χ3n) is 2.95. The van der Waals surface area contributed by atoms with Crippen molar-refractivity contribution in [2.75, 3.05) is 12.3 Å². The minimum Gasteiger partial charge on any atom is -0.330 e. The van der Waals surface area contributed by atoms with Gasteiger partial charge < -0.3 is 5.73 Å². The summed E-state index contributed by atoms with van der Waals surface area (Å²) in [5.41, 5.74) is 5.84. The van der Waals surface area contributed by atoms with Gasteiger partial charge in [-0.15, -0.1) is 11.8 Å². The molecule has 0 unspecified atom stereocenters. The molecule has 0 amide bonds. The van der Waals surface area contributed by atoms with Crippen LogP contribution in [0.15, 0.2) is 23.1 Å². The Morgan fingerprint density at radius 2 is 1.94 bits per heavy atom. The van der Waals surface area contributed by atoms with Crippen molar-refractivity contribution in [2.24, 2.45) is 11.1 Å². The van der Waals surface area contributed by atoms with Gasteiger partial charge in [-0.1, -0.05) is 20.3 Å². The summed E-state index contributed by atoms with van der Waals surface area (Å²) >= 11 is 1.44. The summed E-state index contributed by atoms with van der Waals surface area (Å²) in [5.74, 6) is -0.146. The van der Waals surface area contributed by atoms with Gasteiger partial charge in [-0.25, -0.2) is 8.78 Å². The van der Waals surface area contributed by atoms with Crippen molar-refractivity contribution >= 4 is 11.8 Å². The Hall–Kier alpha value is -0.610. The fraction of sp³-hybridized carbons (Fsp3) is 0.571. The molecule has 1 aromatic rings. The van der Waals surface area contributed by atoms with Crippen LogP contribution in [-0.2, 0) is 0 Å². The fourth-order valence-corrected chi connectivity index (χ4v) is 2.51. The number of hydrogen-bond acceptors (Lipinski definition) is 2. The molecule has 0 aliphatic rings. The summed E-state index contributed by atoms with van der Waals surface area (Å²) in [7, 11) is 0. The molecule has 1 nitrogen and oxygen atoms in total. The molecule has 0 aliphatic heterocycles. The van der Waals surface area contributed by atoms with Crippen LogP contribution in [0.5, 0.6) is 0 Å². The van der Waals surface area contributed by atoms with Gasteiger partial charge in [0, 0.05) is 11.0 Å². The number of unbranched alkanes of at least 4 members (excludes halogenated alkanes) is 1. The van der Waals surface area contributed by atoms with E-state index in [0.717, 1.165) is 31.1 Å². The Balaban J connectivity index is 2.26. The molecule has 0 spiro atoms. The van der Waals surface area contributed by atoms with Crippen molar-refractivity contribution < 1.29 is 8.78 Å². The second-order valence-corrected chi connectivity index (χ2v) is 6.39. The van der Waals surface area contributed by atoms with E-state index in [1.165, 1.54) is 23.9 Å². The predicted octanol–water partition coefficient (Wildman–Crippen LogP) is 4.21. The molecule has 102 valence electrons. The van der Waals surface area contributed by atoms with Gasteiger partial charge in [-0.2, -0.15) is 0 Å². The van der Waals surface area contributed by atoms with E-state index in [1.54, 1.807) is 0 Å². The SMILES string of the molecule is CC(C)(CN)CCCCSc1ccc(F)cc1F. The maximum Gasteiger partial charge on any atom is 0.139 e. The third kappa shape index (κ3) is 5.36. The Morgan fingerprint density at radius 3 is 2.56 bits per heavy atom. The lowest BCUT2D eigenvalue weighted by molar-refractivity contribution is 0.336. The van der Waals surface area contributed by atoms with Gasteiger partial charge in [0.2, 0.25) is 0 Å². The highest BCUT2D eigenvalue weighted by Gasteiger charge is 2.14. The van der Waals surface area contributed by atoms with Crippen LogP contribution in [0.25, 0.3) is 0 Å². The van der Waals surface area contributed by atoms with Crippen LogP contribution in [0.1, 0.15) is 33.1 Å². The molecular formula is C14H21F2NS. The average molecular weight is 273 g/mol. The second-order valence-electron chi connectivity index (χ2n) is 5.25. The maximum atomic E-state index is 13.3. The monoisotopic (exact) mass is 273 g/mol. The fourth-order valence-electron chi connectivity index (χ4n) is 1.58. The standard InChI is InChI=1S/C14H21F2NS/c1-14(2,10-17)7-3-4-8-18-13-6-5-11(15)9-12(13)16/h5-6,9H,3-4,7-8,10,17H2,1-2H3. The van der Waals surface area contributed by atoms with Crippen LogP contribution in [-0.4, -0.2) is 12.3 Å². The quantitative estimate of drug-likeness (QED) is 0.595. The van der Waals surface area contributed by atoms with Gasteiger partial charge in [0.05, 0.1) is 0 Å². The molecule has 0 fully saturated rings. The maximum absolute atomic E-state index is 13.3. The number of benzene rings is 1. The van der Waals surface area contributed by atoms with E-state index >= 15 is 0 Å². The van der Waals surface area contributed by atoms with Crippen LogP contribution in [0.2, 0.25) is 0 Å². The molecule has 4 heteroatoms. The number of rotatable bonds is 7. The molecule has 1 rings (SSSR count). The Bertz CT molecular complexity index is 380. The van der Waals surface area contributed by atoms with Gasteiger partial charge >= 0.3 is 0 Å². The summed E-state index contributed by atoms with van der Waals surface area (Å²) in [6, 6.07) is 3.72. The van der Waals surface area contributed by atoms with Gasteiger partial charge in [0.15, 0.2) is 0 Å². The largest absolute Gasteiger partial charge is 0.330 e. The first-order valence-corrected chi connectivity index (χ1v) is 7.21. The van der Waals surface area contributed by atoms with Crippen LogP contribution in [0, 0.1) is 17.0 Å². The van der Waals surface area contributed by atoms with Crippen LogP contribution in [0.3, 0.4) is 0 Å². The Labute approximate surface area is 112 Å². The van der Waals surface area contributed by atoms with Crippen molar-refractivity contribution in [3.05, 3.63) is 29.8 Å². The van der Waals surface area contributed by atoms with E-state index in [9.17, 15) is 8.78 Å². The summed E-state index contributed by atoms with van der Waals surface area (Å²) < 4.78 is 26.0. The molecule has 2 N–H and O–H groups in total. The first kappa shape index (κ1) is 15.4. The highest BCUT2D eigenvalue weighted by atomic mass is 32.2. The van der Waals surface area contributed by atoms with Gasteiger partial charge in [0.1, 0.15) is 11.6 Å². The van der Waals surface area contributed by atoms with Crippen molar-refractivity contribution in [3.8, 4) is 0 Å². The third-order valence-corrected chi connectivity index (χ3v) is 4.09. The van der Waals surface area contributed by atoms with Gasteiger partial charge in [-0.05, 0) is 42.7 Å². The molecular weight excluding hydrogens is 252 g/mol. The Morgan fingerprint density at radius 1 is 1.22 bits per heavy atom. The van der Waals surface area contributed by atoms with E-state index in [2.05, 4.69) is 13.8 Å². The second kappa shape index (κ2) is 7.10. The summed E-state index contributed by atoms with van der Waals surface area (Å²) in [5, 5.41) is 0. The zero-order valence-corrected chi connectivity index (χ0v) is 11.8. The summed E-state index contributed by atoms with van der Waals surface area (Å²) in [6.45, 7) is 4.99. The van der Waals surface area contributed by atoms with Crippen molar-refractivity contribution in [2.45, 2.75) is 38.0 Å². The van der Waals surface area contributed by atoms with Gasteiger partial charge in [-0.3, -0.25) is 0 Å². The lowest BCUT2D eigenvalue weighted by Crippen LogP contribution is -2.23. The van der Waals surface area contributed by atoms with Crippen LogP contribution < -0.4 is 5.73 Å². The minimum atomic E-state index is -0.526. The Kier molecular flexibility index (Phi) is 6.09. The number of hydrogen-bond donors (Lipinski definition) is 1. The lowest BCUT2D eigenvalue weighted by Gasteiger charge is -2.21. The zero-order valence-electron chi connectivity index (χ0n) is 11.0. The van der Waals surface area contributed by atoms with E-state index in [-0.39, 0.29) is 5.41 Å². The number of thioether (sulfide) groups is 1. The van der Waals surface area contributed by atoms with E-state index in [1.807, 2.05) is 0 Å². The molecule has 18 heavy (non-hydrogen) atoms. The van der Waals surface area contributed by atoms with E-state index < -0.39 is 11.6 Å². The topological polar surface area (TPSA) is 26.0 Å². The highest BCUT2D eigenvalue weighted by molar-refractivity contribution is 7.99.